The van der Waals surface area contributed by atoms with Crippen LogP contribution in [-0.2, 0) is 23.4 Å². The van der Waals surface area contributed by atoms with Crippen LogP contribution in [0.15, 0.2) is 42.9 Å². The number of hydrogen-bond donors (Lipinski definition) is 3. The van der Waals surface area contributed by atoms with Crippen LogP contribution in [0.25, 0.3) is 11.2 Å². The molecule has 39 heavy (non-hydrogen) atoms. The lowest BCUT2D eigenvalue weighted by atomic mass is 9.92. The molecule has 0 spiro atoms. The van der Waals surface area contributed by atoms with Crippen LogP contribution < -0.4 is 16.0 Å². The number of fused-ring (bicyclic) bond motifs is 1. The van der Waals surface area contributed by atoms with Crippen LogP contribution >= 0.6 is 7.60 Å². The zero-order valence-electron chi connectivity index (χ0n) is 23.5. The quantitative estimate of drug-likeness (QED) is 0.186. The van der Waals surface area contributed by atoms with Gasteiger partial charge in [0.15, 0.2) is 17.4 Å². The zero-order chi connectivity index (χ0) is 30.2. The van der Waals surface area contributed by atoms with Gasteiger partial charge in [-0.15, -0.1) is 6.42 Å². The molecule has 0 amide bonds. The van der Waals surface area contributed by atoms with E-state index in [0.29, 0.717) is 5.52 Å². The van der Waals surface area contributed by atoms with Crippen LogP contribution in [-0.4, -0.2) is 67.2 Å². The van der Waals surface area contributed by atoms with Gasteiger partial charge in [-0.2, -0.15) is 4.98 Å². The van der Waals surface area contributed by atoms with Gasteiger partial charge in [0, 0.05) is 0 Å². The minimum absolute atomic E-state index is 0.0829. The number of aliphatic hydroxyl groups excluding tert-OH is 1. The van der Waals surface area contributed by atoms with Crippen LogP contribution in [0.4, 0.5) is 5.95 Å². The molecular weight excluding hydrogens is 527 g/mol. The number of benzene rings is 1. The highest BCUT2D eigenvalue weighted by molar-refractivity contribution is 7.54. The molecule has 0 aliphatic carbocycles. The molecule has 208 valence electrons. The Morgan fingerprint density at radius 2 is 2.08 bits per heavy atom. The minimum Gasteiger partial charge on any atom is -0.463 e. The van der Waals surface area contributed by atoms with Crippen molar-refractivity contribution in [2.24, 2.45) is 11.7 Å². The lowest BCUT2D eigenvalue weighted by Crippen LogP contribution is -2.53. The summed E-state index contributed by atoms with van der Waals surface area (Å²) in [5, 5.41) is 11.2. The summed E-state index contributed by atoms with van der Waals surface area (Å²) >= 11 is 0. The number of imidazole rings is 1. The van der Waals surface area contributed by atoms with Crippen LogP contribution in [0.1, 0.15) is 29.7 Å². The molecular formula is C25H31N6O7P. The first kappa shape index (κ1) is 25.7. The van der Waals surface area contributed by atoms with Crippen molar-refractivity contribution >= 4 is 30.7 Å². The maximum atomic E-state index is 14.1. The molecule has 0 radical (unpaired) electrons. The van der Waals surface area contributed by atoms with E-state index in [2.05, 4.69) is 20.9 Å². The standard InChI is InChI=1S/C25H31N6O7P/c1-5-25(27)20(32)19(37-23(25)31-14-29-18-11-28-24(26)30-21(18)31)12-35-39(34,38-17-9-7-6-8-10-17)13-16(4)22(33)36-15(2)3/h1,6-11,14-16,19-20,23,32H,12-13,27H2,2-4H3,(H2,26,28,30)/t16-,19-,20+,23-,25?,39+/m1/s1/i12D2. The maximum absolute atomic E-state index is 14.1. The van der Waals surface area contributed by atoms with Gasteiger partial charge in [0.1, 0.15) is 23.5 Å². The van der Waals surface area contributed by atoms with E-state index in [1.54, 1.807) is 32.0 Å². The van der Waals surface area contributed by atoms with Crippen molar-refractivity contribution in [3.8, 4) is 18.1 Å². The molecule has 14 heteroatoms. The Labute approximate surface area is 228 Å². The molecule has 1 aromatic carbocycles. The van der Waals surface area contributed by atoms with Gasteiger partial charge >= 0.3 is 13.6 Å². The maximum Gasteiger partial charge on any atom is 0.380 e. The number of esters is 1. The largest absolute Gasteiger partial charge is 0.463 e. The van der Waals surface area contributed by atoms with E-state index < -0.39 is 62.3 Å². The number of carbonyl (C=O) groups excluding carboxylic acids is 1. The van der Waals surface area contributed by atoms with E-state index in [1.807, 2.05) is 0 Å². The first-order chi connectivity index (χ1) is 19.2. The van der Waals surface area contributed by atoms with E-state index in [9.17, 15) is 14.5 Å². The normalized spacial score (nSPS) is 26.3. The second kappa shape index (κ2) is 11.3. The van der Waals surface area contributed by atoms with Crippen molar-refractivity contribution in [1.29, 1.82) is 0 Å². The summed E-state index contributed by atoms with van der Waals surface area (Å²) < 4.78 is 55.0. The van der Waals surface area contributed by atoms with Gasteiger partial charge in [0.2, 0.25) is 5.95 Å². The fourth-order valence-corrected chi connectivity index (χ4v) is 5.62. The zero-order valence-corrected chi connectivity index (χ0v) is 22.4. The van der Waals surface area contributed by atoms with Crippen molar-refractivity contribution in [3.05, 3.63) is 42.9 Å². The SMILES string of the molecule is [2H]C([2H])(O[P@@](=O)(C[C@@H](C)C(=O)OC(C)C)Oc1ccccc1)[C@H]1O[C@@H](n2cnc3cnc(N)nc32)C(N)(C#C)[C@H]1O. The summed E-state index contributed by atoms with van der Waals surface area (Å²) in [5.74, 6) is 0.600. The van der Waals surface area contributed by atoms with Crippen molar-refractivity contribution in [3.63, 3.8) is 0 Å². The van der Waals surface area contributed by atoms with Crippen LogP contribution in [0.5, 0.6) is 5.75 Å². The summed E-state index contributed by atoms with van der Waals surface area (Å²) in [6.45, 7) is 1.75. The number of terminal acetylenes is 1. The Hall–Kier alpha value is -3.53. The molecule has 4 rings (SSSR count). The molecule has 0 saturated carbocycles. The monoisotopic (exact) mass is 560 g/mol. The molecule has 1 aliphatic heterocycles. The first-order valence-electron chi connectivity index (χ1n) is 13.0. The predicted molar refractivity (Wildman–Crippen MR) is 141 cm³/mol. The fourth-order valence-electron chi connectivity index (χ4n) is 3.90. The number of aromatic nitrogens is 4. The van der Waals surface area contributed by atoms with Gasteiger partial charge in [0.05, 0.1) is 40.0 Å². The Bertz CT molecular complexity index is 1500. The fraction of sp³-hybridized carbons (Fsp3) is 0.440. The van der Waals surface area contributed by atoms with E-state index in [-0.39, 0.29) is 17.3 Å². The van der Waals surface area contributed by atoms with Crippen molar-refractivity contribution in [1.82, 2.24) is 19.5 Å². The molecule has 2 aromatic heterocycles. The molecule has 3 heterocycles. The van der Waals surface area contributed by atoms with E-state index >= 15 is 0 Å². The second-order valence-corrected chi connectivity index (χ2v) is 11.3. The van der Waals surface area contributed by atoms with Gasteiger partial charge in [-0.25, -0.2) is 14.5 Å². The third kappa shape index (κ3) is 6.06. The molecule has 1 unspecified atom stereocenters. The van der Waals surface area contributed by atoms with E-state index in [4.69, 9.17) is 39.2 Å². The van der Waals surface area contributed by atoms with Gasteiger partial charge in [-0.1, -0.05) is 31.0 Å². The number of anilines is 1. The molecule has 3 aromatic rings. The molecule has 1 fully saturated rings. The van der Waals surface area contributed by atoms with E-state index in [0.717, 1.165) is 0 Å². The third-order valence-corrected chi connectivity index (χ3v) is 7.71. The number of nitrogens with two attached hydrogens (primary N) is 2. The average Bonchev–Trinajstić information content (AvgIpc) is 3.41. The van der Waals surface area contributed by atoms with Crippen LogP contribution in [0.3, 0.4) is 0 Å². The topological polar surface area (TPSA) is 187 Å². The Balaban J connectivity index is 1.67. The lowest BCUT2D eigenvalue weighted by Gasteiger charge is -2.27. The summed E-state index contributed by atoms with van der Waals surface area (Å²) in [6, 6.07) is 7.89. The highest BCUT2D eigenvalue weighted by atomic mass is 31.2. The molecule has 5 N–H and O–H groups in total. The number of nitrogen functional groups attached to an aromatic ring is 1. The molecule has 13 nitrogen and oxygen atoms in total. The minimum atomic E-state index is -4.49. The second-order valence-electron chi connectivity index (χ2n) is 9.31. The van der Waals surface area contributed by atoms with Crippen LogP contribution in [0.2, 0.25) is 0 Å². The summed E-state index contributed by atoms with van der Waals surface area (Å²) in [6.07, 6.45) is 2.19. The predicted octanol–water partition coefficient (Wildman–Crippen LogP) is 1.87. The Kier molecular flexibility index (Phi) is 7.45. The smallest absolute Gasteiger partial charge is 0.380 e. The Morgan fingerprint density at radius 3 is 2.74 bits per heavy atom. The molecule has 6 atom stereocenters. The highest BCUT2D eigenvalue weighted by Crippen LogP contribution is 2.51. The van der Waals surface area contributed by atoms with Crippen molar-refractivity contribution in [2.75, 3.05) is 18.5 Å². The molecule has 0 bridgehead atoms. The first-order valence-corrected chi connectivity index (χ1v) is 13.7. The van der Waals surface area contributed by atoms with Crippen LogP contribution in [0, 0.1) is 18.3 Å². The van der Waals surface area contributed by atoms with Crippen molar-refractivity contribution < 1.29 is 35.7 Å². The van der Waals surface area contributed by atoms with Gasteiger partial charge in [-0.3, -0.25) is 13.9 Å². The Morgan fingerprint density at radius 1 is 1.36 bits per heavy atom. The lowest BCUT2D eigenvalue weighted by molar-refractivity contribution is -0.151. The summed E-state index contributed by atoms with van der Waals surface area (Å²) in [4.78, 5) is 24.6. The number of nitrogens with zero attached hydrogens (tertiary/aromatic N) is 4. The number of para-hydroxylation sites is 1. The highest BCUT2D eigenvalue weighted by Gasteiger charge is 2.55. The molecule has 1 aliphatic rings. The number of aliphatic hydroxyl groups is 1. The number of ether oxygens (including phenoxy) is 2. The molecule has 1 saturated heterocycles. The number of hydrogen-bond acceptors (Lipinski definition) is 12. The van der Waals surface area contributed by atoms with Gasteiger partial charge in [0.25, 0.3) is 0 Å². The third-order valence-electron chi connectivity index (χ3n) is 5.84. The van der Waals surface area contributed by atoms with E-state index in [1.165, 1.54) is 36.1 Å². The van der Waals surface area contributed by atoms with Crippen molar-refractivity contribution in [2.45, 2.75) is 50.8 Å². The summed E-state index contributed by atoms with van der Waals surface area (Å²) in [7, 11) is -4.49. The van der Waals surface area contributed by atoms with Gasteiger partial charge in [-0.05, 0) is 26.0 Å². The number of rotatable bonds is 10. The average molecular weight is 561 g/mol. The van der Waals surface area contributed by atoms with Gasteiger partial charge < -0.3 is 30.6 Å². The summed E-state index contributed by atoms with van der Waals surface area (Å²) in [5.41, 5.74) is 10.6. The number of carbonyl (C=O) groups is 1.